The molecular weight excluding hydrogens is 268 g/mol. The van der Waals surface area contributed by atoms with Crippen molar-refractivity contribution < 1.29 is 26.3 Å². The van der Waals surface area contributed by atoms with Gasteiger partial charge in [-0.2, -0.15) is 31.3 Å². The number of anilines is 1. The van der Waals surface area contributed by atoms with E-state index in [0.29, 0.717) is 0 Å². The molecular formula is C7H3F6N5. The second-order valence-corrected chi connectivity index (χ2v) is 3.21. The largest absolute Gasteiger partial charge is 0.449 e. The van der Waals surface area contributed by atoms with Crippen molar-refractivity contribution >= 4 is 17.1 Å². The minimum atomic E-state index is -4.97. The lowest BCUT2D eigenvalue weighted by Crippen LogP contribution is -2.12. The molecule has 2 aromatic rings. The standard InChI is InChI=1S/C7H3F6N5/c8-6(9,10)2-1-3(18-5(14)16-2)17-4(15-1)7(11,12)13/h(H3,14,15,16,17,18). The van der Waals surface area contributed by atoms with Crippen LogP contribution in [0.25, 0.3) is 11.2 Å². The minimum Gasteiger partial charge on any atom is -0.368 e. The maximum Gasteiger partial charge on any atom is 0.449 e. The Morgan fingerprint density at radius 1 is 0.889 bits per heavy atom. The van der Waals surface area contributed by atoms with Crippen LogP contribution in [0, 0.1) is 0 Å². The normalized spacial score (nSPS) is 13.2. The third-order valence-corrected chi connectivity index (χ3v) is 1.91. The first-order valence-electron chi connectivity index (χ1n) is 4.26. The minimum absolute atomic E-state index is 0.790. The Balaban J connectivity index is 2.76. The van der Waals surface area contributed by atoms with E-state index in [1.807, 2.05) is 0 Å². The summed E-state index contributed by atoms with van der Waals surface area (Å²) in [7, 11) is 0. The van der Waals surface area contributed by atoms with Gasteiger partial charge in [-0.05, 0) is 0 Å². The molecule has 18 heavy (non-hydrogen) atoms. The van der Waals surface area contributed by atoms with E-state index in [-0.39, 0.29) is 0 Å². The molecule has 0 spiro atoms. The molecule has 2 heterocycles. The Labute approximate surface area is 94.0 Å². The SMILES string of the molecule is Nc1nc(C(F)(F)F)c2[nH]c(C(F)(F)F)nc2n1. The fourth-order valence-corrected chi connectivity index (χ4v) is 1.25. The van der Waals surface area contributed by atoms with Gasteiger partial charge in [-0.25, -0.2) is 9.97 Å². The topological polar surface area (TPSA) is 80.5 Å². The average Bonchev–Trinajstić information content (AvgIpc) is 2.57. The predicted octanol–water partition coefficient (Wildman–Crippen LogP) is 1.97. The van der Waals surface area contributed by atoms with Crippen LogP contribution in [-0.2, 0) is 12.4 Å². The molecule has 0 aliphatic rings. The van der Waals surface area contributed by atoms with Gasteiger partial charge in [0.25, 0.3) is 0 Å². The van der Waals surface area contributed by atoms with E-state index in [1.165, 1.54) is 4.98 Å². The van der Waals surface area contributed by atoms with Gasteiger partial charge in [0.15, 0.2) is 11.3 Å². The number of nitrogens with two attached hydrogens (primary N) is 1. The summed E-state index contributed by atoms with van der Waals surface area (Å²) in [6.07, 6.45) is -9.89. The van der Waals surface area contributed by atoms with Crippen LogP contribution in [0.5, 0.6) is 0 Å². The van der Waals surface area contributed by atoms with Crippen molar-refractivity contribution in [1.29, 1.82) is 0 Å². The molecule has 2 aromatic heterocycles. The quantitative estimate of drug-likeness (QED) is 0.718. The number of nitrogens with zero attached hydrogens (tertiary/aromatic N) is 3. The smallest absolute Gasteiger partial charge is 0.368 e. The van der Waals surface area contributed by atoms with Crippen LogP contribution in [0.4, 0.5) is 32.3 Å². The molecule has 2 rings (SSSR count). The maximum absolute atomic E-state index is 12.5. The van der Waals surface area contributed by atoms with E-state index in [4.69, 9.17) is 5.73 Å². The summed E-state index contributed by atoms with van der Waals surface area (Å²) >= 11 is 0. The van der Waals surface area contributed by atoms with Crippen molar-refractivity contribution in [3.63, 3.8) is 0 Å². The highest BCUT2D eigenvalue weighted by molar-refractivity contribution is 5.75. The van der Waals surface area contributed by atoms with Crippen LogP contribution >= 0.6 is 0 Å². The van der Waals surface area contributed by atoms with E-state index in [1.54, 1.807) is 0 Å². The van der Waals surface area contributed by atoms with E-state index in [9.17, 15) is 26.3 Å². The molecule has 0 aliphatic carbocycles. The van der Waals surface area contributed by atoms with Crippen molar-refractivity contribution in [2.75, 3.05) is 5.73 Å². The highest BCUT2D eigenvalue weighted by Crippen LogP contribution is 2.34. The number of H-pyrrole nitrogens is 1. The van der Waals surface area contributed by atoms with Crippen LogP contribution in [0.15, 0.2) is 0 Å². The number of rotatable bonds is 0. The molecule has 3 N–H and O–H groups in total. The summed E-state index contributed by atoms with van der Waals surface area (Å²) in [5.41, 5.74) is 1.65. The first-order valence-corrected chi connectivity index (χ1v) is 4.26. The van der Waals surface area contributed by atoms with Gasteiger partial charge in [-0.3, -0.25) is 0 Å². The molecule has 0 bridgehead atoms. The third kappa shape index (κ3) is 2.02. The van der Waals surface area contributed by atoms with Crippen LogP contribution in [-0.4, -0.2) is 19.9 Å². The lowest BCUT2D eigenvalue weighted by Gasteiger charge is -2.06. The van der Waals surface area contributed by atoms with Crippen molar-refractivity contribution in [3.05, 3.63) is 11.5 Å². The Morgan fingerprint density at radius 3 is 2.00 bits per heavy atom. The van der Waals surface area contributed by atoms with Crippen molar-refractivity contribution in [2.45, 2.75) is 12.4 Å². The van der Waals surface area contributed by atoms with Gasteiger partial charge in [-0.15, -0.1) is 0 Å². The molecule has 0 unspecified atom stereocenters. The van der Waals surface area contributed by atoms with Gasteiger partial charge < -0.3 is 10.7 Å². The van der Waals surface area contributed by atoms with E-state index in [2.05, 4.69) is 15.0 Å². The summed E-state index contributed by atoms with van der Waals surface area (Å²) in [5.74, 6) is -2.40. The van der Waals surface area contributed by atoms with Crippen LogP contribution in [0.3, 0.4) is 0 Å². The Morgan fingerprint density at radius 2 is 1.50 bits per heavy atom. The zero-order chi connectivity index (χ0) is 13.7. The number of aromatic nitrogens is 4. The van der Waals surface area contributed by atoms with Crippen molar-refractivity contribution in [3.8, 4) is 0 Å². The first-order chi connectivity index (χ1) is 8.09. The number of nitrogen functional groups attached to an aromatic ring is 1. The summed E-state index contributed by atoms with van der Waals surface area (Å²) in [6, 6.07) is 0. The summed E-state index contributed by atoms with van der Waals surface area (Å²) < 4.78 is 74.5. The van der Waals surface area contributed by atoms with Gasteiger partial charge in [0.1, 0.15) is 5.52 Å². The number of aromatic amines is 1. The molecule has 0 aliphatic heterocycles. The lowest BCUT2D eigenvalue weighted by molar-refractivity contribution is -0.145. The molecule has 0 atom stereocenters. The Bertz CT molecular complexity index is 597. The number of hydrogen-bond acceptors (Lipinski definition) is 4. The van der Waals surface area contributed by atoms with E-state index < -0.39 is 41.0 Å². The number of nitrogens with one attached hydrogen (secondary N) is 1. The molecule has 0 aromatic carbocycles. The monoisotopic (exact) mass is 271 g/mol. The highest BCUT2D eigenvalue weighted by atomic mass is 19.4. The van der Waals surface area contributed by atoms with Crippen LogP contribution in [0.1, 0.15) is 11.5 Å². The van der Waals surface area contributed by atoms with Crippen molar-refractivity contribution in [2.24, 2.45) is 0 Å². The molecule has 0 fully saturated rings. The number of halogens is 6. The molecule has 0 saturated heterocycles. The highest BCUT2D eigenvalue weighted by Gasteiger charge is 2.40. The van der Waals surface area contributed by atoms with Gasteiger partial charge >= 0.3 is 12.4 Å². The molecule has 0 saturated carbocycles. The van der Waals surface area contributed by atoms with Gasteiger partial charge in [0, 0.05) is 0 Å². The molecule has 11 heteroatoms. The van der Waals surface area contributed by atoms with Crippen LogP contribution in [0.2, 0.25) is 0 Å². The molecule has 0 amide bonds. The Hall–Kier alpha value is -2.07. The van der Waals surface area contributed by atoms with Crippen molar-refractivity contribution in [1.82, 2.24) is 19.9 Å². The fourth-order valence-electron chi connectivity index (χ4n) is 1.25. The van der Waals surface area contributed by atoms with Gasteiger partial charge in [-0.1, -0.05) is 0 Å². The molecule has 5 nitrogen and oxygen atoms in total. The lowest BCUT2D eigenvalue weighted by atomic mass is 10.3. The summed E-state index contributed by atoms with van der Waals surface area (Å²) in [6.45, 7) is 0. The second kappa shape index (κ2) is 3.46. The Kier molecular flexibility index (Phi) is 2.38. The number of hydrogen-bond donors (Lipinski definition) is 2. The molecule has 98 valence electrons. The summed E-state index contributed by atoms with van der Waals surface area (Å²) in [4.78, 5) is 10.5. The fraction of sp³-hybridized carbons (Fsp3) is 0.286. The van der Waals surface area contributed by atoms with Gasteiger partial charge in [0.05, 0.1) is 0 Å². The van der Waals surface area contributed by atoms with Gasteiger partial charge in [0.2, 0.25) is 11.8 Å². The third-order valence-electron chi connectivity index (χ3n) is 1.91. The number of imidazole rings is 1. The predicted molar refractivity (Wildman–Crippen MR) is 46.1 cm³/mol. The maximum atomic E-state index is 12.5. The number of alkyl halides is 6. The second-order valence-electron chi connectivity index (χ2n) is 3.21. The zero-order valence-electron chi connectivity index (χ0n) is 8.19. The molecule has 0 radical (unpaired) electrons. The summed E-state index contributed by atoms with van der Waals surface area (Å²) in [5, 5.41) is 0. The van der Waals surface area contributed by atoms with Crippen LogP contribution < -0.4 is 5.73 Å². The van der Waals surface area contributed by atoms with E-state index >= 15 is 0 Å². The van der Waals surface area contributed by atoms with E-state index in [0.717, 1.165) is 0 Å². The first kappa shape index (κ1) is 12.4. The zero-order valence-corrected chi connectivity index (χ0v) is 8.19. The average molecular weight is 271 g/mol. The number of fused-ring (bicyclic) bond motifs is 1.